The number of urea groups is 2. The molecule has 6 rings (SSSR count). The quantitative estimate of drug-likeness (QED) is 0.0937. The molecule has 0 saturated carbocycles. The third-order valence-electron chi connectivity index (χ3n) is 7.27. The summed E-state index contributed by atoms with van der Waals surface area (Å²) in [6.07, 6.45) is 7.72. The number of aromatic amines is 2. The predicted octanol–water partition coefficient (Wildman–Crippen LogP) is 5.63. The van der Waals surface area contributed by atoms with Crippen LogP contribution in [-0.2, 0) is 0 Å². The van der Waals surface area contributed by atoms with Crippen molar-refractivity contribution in [1.29, 1.82) is 0 Å². The molecule has 16 heteroatoms. The minimum Gasteiger partial charge on any atom is -0.338 e. The Balaban J connectivity index is 0.000000198. The molecule has 0 fully saturated rings. The number of H-pyrrole nitrogens is 2. The second-order valence-corrected chi connectivity index (χ2v) is 13.2. The Morgan fingerprint density at radius 2 is 1.02 bits per heavy atom. The number of hydrogen-bond acceptors (Lipinski definition) is 10. The Morgan fingerprint density at radius 3 is 1.49 bits per heavy atom. The number of benzene rings is 2. The fraction of sp³-hybridized carbons (Fsp3) is 0.200. The number of hydrogen-bond donors (Lipinski definition) is 6. The highest BCUT2D eigenvalue weighted by Gasteiger charge is 2.28. The number of para-hydroxylation sites is 2. The lowest BCUT2D eigenvalue weighted by molar-refractivity contribution is 0.0989. The van der Waals surface area contributed by atoms with Crippen molar-refractivity contribution in [3.8, 4) is 0 Å². The number of Topliss-reactive ketones (excluding diaryl/α,β-unsaturated/α-hetero) is 2. The van der Waals surface area contributed by atoms with Crippen LogP contribution in [-0.4, -0.2) is 80.2 Å². The molecule has 0 bridgehead atoms. The number of amides is 4. The van der Waals surface area contributed by atoms with Gasteiger partial charge in [-0.3, -0.25) is 29.4 Å². The maximum absolute atomic E-state index is 12.2. The van der Waals surface area contributed by atoms with Gasteiger partial charge in [0.1, 0.15) is 11.4 Å². The van der Waals surface area contributed by atoms with E-state index in [0.717, 1.165) is 24.2 Å². The average Bonchev–Trinajstić information content (AvgIpc) is 3.84. The van der Waals surface area contributed by atoms with Gasteiger partial charge in [-0.1, -0.05) is 36.4 Å². The van der Waals surface area contributed by atoms with E-state index in [1.807, 2.05) is 48.5 Å². The molecule has 0 spiro atoms. The summed E-state index contributed by atoms with van der Waals surface area (Å²) < 4.78 is 0. The molecule has 4 aromatic rings. The largest absolute Gasteiger partial charge is 0.338 e. The van der Waals surface area contributed by atoms with Crippen molar-refractivity contribution in [2.45, 2.75) is 19.3 Å². The number of aromatic nitrogens is 4. The van der Waals surface area contributed by atoms with Crippen molar-refractivity contribution in [2.24, 2.45) is 0 Å². The summed E-state index contributed by atoms with van der Waals surface area (Å²) in [4.78, 5) is 72.5. The Bertz CT molecular complexity index is 1960. The third kappa shape index (κ3) is 10.4. The number of nitrogens with zero attached hydrogens (tertiary/aromatic N) is 2. The average molecular weight is 727 g/mol. The van der Waals surface area contributed by atoms with Gasteiger partial charge < -0.3 is 21.3 Å². The van der Waals surface area contributed by atoms with Gasteiger partial charge in [0.25, 0.3) is 0 Å². The topological polar surface area (TPSA) is 208 Å². The second-order valence-electron chi connectivity index (χ2n) is 11.0. The van der Waals surface area contributed by atoms with Gasteiger partial charge >= 0.3 is 12.1 Å². The summed E-state index contributed by atoms with van der Waals surface area (Å²) in [5.74, 6) is 0.486. The van der Waals surface area contributed by atoms with Crippen molar-refractivity contribution in [1.82, 2.24) is 31.0 Å². The minimum atomic E-state index is -0.276. The maximum Gasteiger partial charge on any atom is 0.319 e. The number of fused-ring (bicyclic) bond motifs is 2. The lowest BCUT2D eigenvalue weighted by Crippen LogP contribution is -2.29. The molecule has 0 aliphatic heterocycles. The molecule has 0 radical (unpaired) electrons. The number of unbranched alkanes of at least 4 members (excludes halogenated alkanes) is 1. The van der Waals surface area contributed by atoms with Crippen molar-refractivity contribution >= 4 is 70.1 Å². The van der Waals surface area contributed by atoms with Crippen LogP contribution in [0.3, 0.4) is 0 Å². The lowest BCUT2D eigenvalue weighted by Gasteiger charge is -2.11. The van der Waals surface area contributed by atoms with Gasteiger partial charge in [0.15, 0.2) is 0 Å². The Hall–Kier alpha value is -5.74. The normalized spacial score (nSPS) is 13.2. The summed E-state index contributed by atoms with van der Waals surface area (Å²) in [7, 11) is 0. The molecule has 2 heterocycles. The summed E-state index contributed by atoms with van der Waals surface area (Å²) in [6.45, 7) is 1.01. The van der Waals surface area contributed by atoms with Crippen LogP contribution >= 0.6 is 23.5 Å². The Morgan fingerprint density at radius 1 is 0.588 bits per heavy atom. The van der Waals surface area contributed by atoms with E-state index in [0.29, 0.717) is 52.0 Å². The van der Waals surface area contributed by atoms with Gasteiger partial charge in [0.05, 0.1) is 33.3 Å². The lowest BCUT2D eigenvalue weighted by atomic mass is 10.0. The molecular weight excluding hydrogens is 693 g/mol. The zero-order valence-corrected chi connectivity index (χ0v) is 28.8. The van der Waals surface area contributed by atoms with E-state index in [2.05, 4.69) is 41.7 Å². The molecule has 0 saturated heterocycles. The van der Waals surface area contributed by atoms with E-state index in [1.165, 1.54) is 48.1 Å². The summed E-state index contributed by atoms with van der Waals surface area (Å²) in [5.41, 5.74) is 2.62. The van der Waals surface area contributed by atoms with Crippen LogP contribution < -0.4 is 21.3 Å². The Labute approximate surface area is 301 Å². The summed E-state index contributed by atoms with van der Waals surface area (Å²) >= 11 is 2.67. The van der Waals surface area contributed by atoms with Crippen LogP contribution in [0.15, 0.2) is 95.0 Å². The summed E-state index contributed by atoms with van der Waals surface area (Å²) in [6, 6.07) is 17.9. The van der Waals surface area contributed by atoms with E-state index >= 15 is 0 Å². The molecule has 4 amide bonds. The van der Waals surface area contributed by atoms with Crippen LogP contribution in [0.5, 0.6) is 0 Å². The summed E-state index contributed by atoms with van der Waals surface area (Å²) in [5, 5.41) is 23.6. The first-order valence-electron chi connectivity index (χ1n) is 15.9. The smallest absolute Gasteiger partial charge is 0.319 e. The first kappa shape index (κ1) is 36.5. The SMILES string of the molecule is O=C(NCCCCSC1=CC(=O)c2[nH]ncc2C1=O)Nc1ccccc1.O=C(NCCCSC1=CC(=O)c2[nH]ncc2C1=O)Nc1ccccc1. The Kier molecular flexibility index (Phi) is 13.1. The highest BCUT2D eigenvalue weighted by Crippen LogP contribution is 2.28. The van der Waals surface area contributed by atoms with Gasteiger partial charge in [-0.25, -0.2) is 9.59 Å². The number of thioether (sulfide) groups is 2. The monoisotopic (exact) mass is 726 g/mol. The van der Waals surface area contributed by atoms with E-state index < -0.39 is 0 Å². The predicted molar refractivity (Wildman–Crippen MR) is 196 cm³/mol. The van der Waals surface area contributed by atoms with Crippen molar-refractivity contribution in [3.05, 3.63) is 118 Å². The molecule has 2 aliphatic carbocycles. The molecule has 262 valence electrons. The van der Waals surface area contributed by atoms with Gasteiger partial charge in [-0.05, 0) is 55.0 Å². The molecule has 2 aromatic carbocycles. The van der Waals surface area contributed by atoms with Gasteiger partial charge in [0, 0.05) is 36.6 Å². The van der Waals surface area contributed by atoms with Crippen LogP contribution in [0.4, 0.5) is 21.0 Å². The molecular formula is C35H34N8O6S2. The van der Waals surface area contributed by atoms with E-state index in [4.69, 9.17) is 0 Å². The van der Waals surface area contributed by atoms with Crippen LogP contribution in [0.2, 0.25) is 0 Å². The maximum atomic E-state index is 12.2. The van der Waals surface area contributed by atoms with Crippen molar-refractivity contribution in [3.63, 3.8) is 0 Å². The fourth-order valence-corrected chi connectivity index (χ4v) is 6.69. The number of ketones is 4. The van der Waals surface area contributed by atoms with E-state index in [-0.39, 0.29) is 46.6 Å². The third-order valence-corrected chi connectivity index (χ3v) is 9.49. The van der Waals surface area contributed by atoms with Crippen LogP contribution in [0, 0.1) is 0 Å². The number of carbonyl (C=O) groups excluding carboxylic acids is 6. The van der Waals surface area contributed by atoms with Gasteiger partial charge in [-0.15, -0.1) is 23.5 Å². The fourth-order valence-electron chi connectivity index (χ4n) is 4.75. The second kappa shape index (κ2) is 18.3. The molecule has 51 heavy (non-hydrogen) atoms. The number of anilines is 2. The molecule has 0 unspecified atom stereocenters. The highest BCUT2D eigenvalue weighted by atomic mass is 32.2. The van der Waals surface area contributed by atoms with Crippen LogP contribution in [0.25, 0.3) is 0 Å². The molecule has 2 aromatic heterocycles. The first-order chi connectivity index (χ1) is 24.8. The molecule has 2 aliphatic rings. The zero-order valence-electron chi connectivity index (χ0n) is 27.2. The molecule has 14 nitrogen and oxygen atoms in total. The molecule has 0 atom stereocenters. The zero-order chi connectivity index (χ0) is 36.0. The van der Waals surface area contributed by atoms with Gasteiger partial charge in [0.2, 0.25) is 23.1 Å². The van der Waals surface area contributed by atoms with E-state index in [1.54, 1.807) is 12.1 Å². The number of carbonyl (C=O) groups is 6. The van der Waals surface area contributed by atoms with Crippen molar-refractivity contribution < 1.29 is 28.8 Å². The molecule has 6 N–H and O–H groups in total. The minimum absolute atomic E-state index is 0.168. The first-order valence-corrected chi connectivity index (χ1v) is 17.9. The number of allylic oxidation sites excluding steroid dienone is 4. The van der Waals surface area contributed by atoms with Gasteiger partial charge in [-0.2, -0.15) is 10.2 Å². The highest BCUT2D eigenvalue weighted by molar-refractivity contribution is 8.04. The van der Waals surface area contributed by atoms with Crippen molar-refractivity contribution in [2.75, 3.05) is 35.2 Å². The standard InChI is InChI=1S/C18H18N4O3S.C17H16N4O3S/c23-14-10-15(17(24)13-11-20-22-16(13)14)26-9-5-4-8-19-18(25)21-12-6-2-1-3-7-12;22-13-9-14(16(23)12-10-19-21-15(12)13)25-8-4-7-18-17(24)20-11-5-2-1-3-6-11/h1-3,6-7,10-11H,4-5,8-9H2,(H,20,22)(H2,19,21,25);1-3,5-6,9-10H,4,7-8H2,(H,19,21)(H2,18,20,24). The number of nitrogens with one attached hydrogen (secondary N) is 6. The number of rotatable bonds is 13. The van der Waals surface area contributed by atoms with E-state index in [9.17, 15) is 28.8 Å². The van der Waals surface area contributed by atoms with Crippen LogP contribution in [0.1, 0.15) is 61.0 Å².